The quantitative estimate of drug-likeness (QED) is 0.280. The maximum atomic E-state index is 13.6. The first-order chi connectivity index (χ1) is 14.3. The van der Waals surface area contributed by atoms with Gasteiger partial charge >= 0.3 is 6.03 Å². The fourth-order valence-corrected chi connectivity index (χ4v) is 4.66. The zero-order valence-corrected chi connectivity index (χ0v) is 20.2. The van der Waals surface area contributed by atoms with E-state index in [9.17, 15) is 9.59 Å². The summed E-state index contributed by atoms with van der Waals surface area (Å²) in [7, 11) is 0. The number of benzene rings is 2. The minimum atomic E-state index is -0.980. The van der Waals surface area contributed by atoms with E-state index in [1.54, 1.807) is 23.1 Å². The number of unbranched alkanes of at least 4 members (excludes halogenated alkanes) is 3. The molecule has 1 aliphatic rings. The number of rotatable bonds is 8. The smallest absolute Gasteiger partial charge is 0.309 e. The molecule has 0 N–H and O–H groups in total. The van der Waals surface area contributed by atoms with E-state index in [4.69, 9.17) is 23.2 Å². The molecule has 0 radical (unpaired) electrons. The van der Waals surface area contributed by atoms with Crippen LogP contribution < -0.4 is 4.90 Å². The van der Waals surface area contributed by atoms with E-state index >= 15 is 0 Å². The Morgan fingerprint density at radius 1 is 0.967 bits per heavy atom. The van der Waals surface area contributed by atoms with Gasteiger partial charge in [-0.05, 0) is 49.2 Å². The largest absolute Gasteiger partial charge is 0.332 e. The lowest BCUT2D eigenvalue weighted by Gasteiger charge is -2.32. The number of anilines is 1. The Hall–Kier alpha value is -1.56. The average Bonchev–Trinajstić information content (AvgIpc) is 2.86. The molecule has 1 fully saturated rings. The summed E-state index contributed by atoms with van der Waals surface area (Å²) in [5, 5.41) is 0.767. The topological polar surface area (TPSA) is 40.6 Å². The maximum Gasteiger partial charge on any atom is 0.332 e. The maximum absolute atomic E-state index is 13.6. The summed E-state index contributed by atoms with van der Waals surface area (Å²) in [5.41, 5.74) is 0.415. The zero-order valence-electron chi connectivity index (χ0n) is 17.1. The fraction of sp³-hybridized carbons (Fsp3) is 0.391. The van der Waals surface area contributed by atoms with E-state index in [2.05, 4.69) is 22.9 Å². The number of imide groups is 1. The van der Waals surface area contributed by atoms with Crippen molar-refractivity contribution in [2.45, 2.75) is 51.5 Å². The molecule has 30 heavy (non-hydrogen) atoms. The Morgan fingerprint density at radius 2 is 1.60 bits per heavy atom. The Morgan fingerprint density at radius 3 is 2.20 bits per heavy atom. The van der Waals surface area contributed by atoms with Gasteiger partial charge in [0.15, 0.2) is 0 Å². The van der Waals surface area contributed by atoms with Crippen LogP contribution in [0, 0.1) is 0 Å². The SMILES string of the molecule is CCCCCCN1C(=O)N(c2cc(Cl)cc(Cl)c2)C(=O)C1(C)Cc1ccc(Br)cc1. The molecular weight excluding hydrogens is 487 g/mol. The molecule has 3 amide bonds. The standard InChI is InChI=1S/C23H25BrCl2N2O2/c1-3-4-5-6-11-27-22(30)28(20-13-18(25)12-19(26)14-20)21(29)23(27,2)15-16-7-9-17(24)10-8-16/h7-10,12-14H,3-6,11,15H2,1-2H3. The van der Waals surface area contributed by atoms with Crippen molar-refractivity contribution >= 4 is 56.8 Å². The van der Waals surface area contributed by atoms with Crippen LogP contribution in [0.1, 0.15) is 45.1 Å². The highest BCUT2D eigenvalue weighted by Crippen LogP contribution is 2.37. The highest BCUT2D eigenvalue weighted by molar-refractivity contribution is 9.10. The predicted octanol–water partition coefficient (Wildman–Crippen LogP) is 7.11. The molecule has 7 heteroatoms. The molecule has 2 aromatic rings. The minimum Gasteiger partial charge on any atom is -0.309 e. The lowest BCUT2D eigenvalue weighted by molar-refractivity contribution is -0.124. The number of carbonyl (C=O) groups is 2. The second kappa shape index (κ2) is 9.71. The molecule has 1 aliphatic heterocycles. The molecular formula is C23H25BrCl2N2O2. The molecule has 0 saturated carbocycles. The first kappa shape index (κ1) is 23.1. The molecule has 160 valence electrons. The van der Waals surface area contributed by atoms with Crippen molar-refractivity contribution in [2.24, 2.45) is 0 Å². The summed E-state index contributed by atoms with van der Waals surface area (Å²) < 4.78 is 0.969. The second-order valence-electron chi connectivity index (χ2n) is 7.84. The second-order valence-corrected chi connectivity index (χ2v) is 9.63. The van der Waals surface area contributed by atoms with Crippen molar-refractivity contribution < 1.29 is 9.59 Å². The first-order valence-electron chi connectivity index (χ1n) is 10.1. The van der Waals surface area contributed by atoms with Crippen molar-refractivity contribution in [1.29, 1.82) is 0 Å². The van der Waals surface area contributed by atoms with E-state index < -0.39 is 5.54 Å². The summed E-state index contributed by atoms with van der Waals surface area (Å²) in [4.78, 5) is 29.9. The average molecular weight is 512 g/mol. The van der Waals surface area contributed by atoms with Gasteiger partial charge in [0.05, 0.1) is 5.69 Å². The lowest BCUT2D eigenvalue weighted by atomic mass is 9.91. The van der Waals surface area contributed by atoms with Crippen LogP contribution in [0.5, 0.6) is 0 Å². The number of urea groups is 1. The number of amides is 3. The third-order valence-electron chi connectivity index (χ3n) is 5.48. The number of hydrogen-bond acceptors (Lipinski definition) is 2. The molecule has 2 aromatic carbocycles. The van der Waals surface area contributed by atoms with Gasteiger partial charge in [-0.15, -0.1) is 0 Å². The Kier molecular flexibility index (Phi) is 7.48. The van der Waals surface area contributed by atoms with E-state index in [-0.39, 0.29) is 11.9 Å². The molecule has 0 aromatic heterocycles. The van der Waals surface area contributed by atoms with Crippen LogP contribution in [0.25, 0.3) is 0 Å². The van der Waals surface area contributed by atoms with Crippen LogP contribution in [0.3, 0.4) is 0 Å². The van der Waals surface area contributed by atoms with Crippen LogP contribution in [-0.4, -0.2) is 28.9 Å². The summed E-state index contributed by atoms with van der Waals surface area (Å²) in [6.45, 7) is 4.52. The fourth-order valence-electron chi connectivity index (χ4n) is 3.88. The summed E-state index contributed by atoms with van der Waals surface area (Å²) in [6, 6.07) is 12.3. The van der Waals surface area contributed by atoms with Gasteiger partial charge in [-0.3, -0.25) is 4.79 Å². The van der Waals surface area contributed by atoms with E-state index in [0.29, 0.717) is 28.7 Å². The van der Waals surface area contributed by atoms with Gasteiger partial charge < -0.3 is 4.90 Å². The number of carbonyl (C=O) groups excluding carboxylic acids is 2. The molecule has 4 nitrogen and oxygen atoms in total. The van der Waals surface area contributed by atoms with Crippen LogP contribution in [0.15, 0.2) is 46.9 Å². The van der Waals surface area contributed by atoms with E-state index in [0.717, 1.165) is 35.7 Å². The lowest BCUT2D eigenvalue weighted by Crippen LogP contribution is -2.49. The zero-order chi connectivity index (χ0) is 21.9. The van der Waals surface area contributed by atoms with Crippen LogP contribution in [0.2, 0.25) is 10.0 Å². The Labute approximate surface area is 196 Å². The summed E-state index contributed by atoms with van der Waals surface area (Å²) in [5.74, 6) is -0.260. The van der Waals surface area contributed by atoms with Crippen molar-refractivity contribution in [3.8, 4) is 0 Å². The van der Waals surface area contributed by atoms with Crippen molar-refractivity contribution in [3.05, 3.63) is 62.5 Å². The number of halogens is 3. The molecule has 1 heterocycles. The van der Waals surface area contributed by atoms with Crippen LogP contribution in [0.4, 0.5) is 10.5 Å². The number of hydrogen-bond donors (Lipinski definition) is 0. The summed E-state index contributed by atoms with van der Waals surface area (Å²) in [6.07, 6.45) is 4.52. The van der Waals surface area contributed by atoms with Gasteiger partial charge in [0, 0.05) is 27.5 Å². The predicted molar refractivity (Wildman–Crippen MR) is 126 cm³/mol. The van der Waals surface area contributed by atoms with E-state index in [1.807, 2.05) is 31.2 Å². The van der Waals surface area contributed by atoms with Gasteiger partial charge in [-0.1, -0.05) is 77.5 Å². The van der Waals surface area contributed by atoms with Crippen LogP contribution >= 0.6 is 39.1 Å². The highest BCUT2D eigenvalue weighted by Gasteiger charge is 2.54. The first-order valence-corrected chi connectivity index (χ1v) is 11.7. The molecule has 1 saturated heterocycles. The van der Waals surface area contributed by atoms with Crippen molar-refractivity contribution in [2.75, 3.05) is 11.4 Å². The molecule has 0 aliphatic carbocycles. The van der Waals surface area contributed by atoms with Gasteiger partial charge in [-0.2, -0.15) is 0 Å². The minimum absolute atomic E-state index is 0.260. The van der Waals surface area contributed by atoms with E-state index in [1.165, 1.54) is 4.90 Å². The summed E-state index contributed by atoms with van der Waals surface area (Å²) >= 11 is 15.7. The molecule has 0 bridgehead atoms. The normalized spacial score (nSPS) is 19.1. The third kappa shape index (κ3) is 4.84. The van der Waals surface area contributed by atoms with Gasteiger partial charge in [0.2, 0.25) is 0 Å². The Balaban J connectivity index is 1.96. The Bertz CT molecular complexity index is 915. The van der Waals surface area contributed by atoms with Gasteiger partial charge in [0.1, 0.15) is 5.54 Å². The van der Waals surface area contributed by atoms with Gasteiger partial charge in [-0.25, -0.2) is 9.69 Å². The molecule has 1 unspecified atom stereocenters. The molecule has 3 rings (SSSR count). The highest BCUT2D eigenvalue weighted by atomic mass is 79.9. The van der Waals surface area contributed by atoms with Crippen molar-refractivity contribution in [1.82, 2.24) is 4.90 Å². The molecule has 1 atom stereocenters. The monoisotopic (exact) mass is 510 g/mol. The number of nitrogens with zero attached hydrogens (tertiary/aromatic N) is 2. The van der Waals surface area contributed by atoms with Crippen molar-refractivity contribution in [3.63, 3.8) is 0 Å². The van der Waals surface area contributed by atoms with Crippen LogP contribution in [-0.2, 0) is 11.2 Å². The third-order valence-corrected chi connectivity index (χ3v) is 6.45. The van der Waals surface area contributed by atoms with Gasteiger partial charge in [0.25, 0.3) is 5.91 Å². The molecule has 0 spiro atoms.